The normalized spacial score (nSPS) is 12.5. The van der Waals surface area contributed by atoms with Crippen LogP contribution >= 0.6 is 22.9 Å². The molecule has 1 aromatic carbocycles. The number of halogens is 1. The van der Waals surface area contributed by atoms with E-state index in [0.717, 1.165) is 5.56 Å². The number of hydrogen-bond acceptors (Lipinski definition) is 8. The summed E-state index contributed by atoms with van der Waals surface area (Å²) in [4.78, 5) is 43.3. The zero-order valence-corrected chi connectivity index (χ0v) is 23.8. The number of esters is 1. The van der Waals surface area contributed by atoms with Crippen molar-refractivity contribution in [2.75, 3.05) is 6.61 Å². The van der Waals surface area contributed by atoms with E-state index < -0.39 is 34.9 Å². The Morgan fingerprint density at radius 1 is 1.05 bits per heavy atom. The Hall–Kier alpha value is -3.37. The molecular formula is C27H32ClN3O6S. The molecular weight excluding hydrogens is 530 g/mol. The number of alkyl carbamates (subject to hydrolysis) is 1. The number of rotatable bonds is 8. The van der Waals surface area contributed by atoms with Crippen LogP contribution in [0.15, 0.2) is 52.6 Å². The number of nitrogens with zero attached hydrogens (tertiary/aromatic N) is 2. The number of carbonyl (C=O) groups excluding carboxylic acids is 2. The third-order valence-corrected chi connectivity index (χ3v) is 5.91. The highest BCUT2D eigenvalue weighted by atomic mass is 35.5. The quantitative estimate of drug-likeness (QED) is 0.356. The zero-order chi connectivity index (χ0) is 28.1. The van der Waals surface area contributed by atoms with Gasteiger partial charge in [0.15, 0.2) is 5.82 Å². The molecule has 3 aromatic rings. The summed E-state index contributed by atoms with van der Waals surface area (Å²) in [5.74, 6) is -0.238. The molecule has 11 heteroatoms. The first-order valence-electron chi connectivity index (χ1n) is 12.0. The number of amides is 1. The largest absolute Gasteiger partial charge is 0.475 e. The Labute approximate surface area is 230 Å². The first-order valence-corrected chi connectivity index (χ1v) is 13.2. The second-order valence-corrected chi connectivity index (χ2v) is 11.9. The van der Waals surface area contributed by atoms with E-state index in [9.17, 15) is 14.4 Å². The second-order valence-electron chi connectivity index (χ2n) is 10.5. The summed E-state index contributed by atoms with van der Waals surface area (Å²) in [7, 11) is 0. The van der Waals surface area contributed by atoms with Gasteiger partial charge in [-0.15, -0.1) is 11.3 Å². The molecule has 0 unspecified atom stereocenters. The topological polar surface area (TPSA) is 109 Å². The molecule has 2 heterocycles. The SMILES string of the molecule is CC(C)(C)OC(=O)Cn1c(-c2cccs2)nc(OC[C@H](NC(=O)OC(C)(C)C)c2ccc(Cl)cc2)cc1=O. The fraction of sp³-hybridized carbons (Fsp3) is 0.407. The highest BCUT2D eigenvalue weighted by molar-refractivity contribution is 7.13. The number of benzene rings is 1. The zero-order valence-electron chi connectivity index (χ0n) is 22.2. The van der Waals surface area contributed by atoms with Crippen LogP contribution < -0.4 is 15.6 Å². The van der Waals surface area contributed by atoms with Gasteiger partial charge in [-0.05, 0) is 70.7 Å². The molecule has 0 aliphatic rings. The summed E-state index contributed by atoms with van der Waals surface area (Å²) < 4.78 is 17.9. The van der Waals surface area contributed by atoms with Gasteiger partial charge in [-0.1, -0.05) is 29.8 Å². The molecule has 2 aromatic heterocycles. The van der Waals surface area contributed by atoms with Gasteiger partial charge in [0, 0.05) is 5.02 Å². The Morgan fingerprint density at radius 3 is 2.29 bits per heavy atom. The summed E-state index contributed by atoms with van der Waals surface area (Å²) in [6.45, 7) is 10.2. The fourth-order valence-electron chi connectivity index (χ4n) is 3.34. The van der Waals surface area contributed by atoms with Crippen molar-refractivity contribution < 1.29 is 23.8 Å². The Balaban J connectivity index is 1.88. The van der Waals surface area contributed by atoms with Crippen LogP contribution in [0.2, 0.25) is 5.02 Å². The Kier molecular flexibility index (Phi) is 9.22. The van der Waals surface area contributed by atoms with Crippen LogP contribution in [0, 0.1) is 0 Å². The summed E-state index contributed by atoms with van der Waals surface area (Å²) in [5, 5.41) is 5.18. The average molecular weight is 562 g/mol. The molecule has 0 aliphatic heterocycles. The monoisotopic (exact) mass is 561 g/mol. The van der Waals surface area contributed by atoms with E-state index in [-0.39, 0.29) is 24.9 Å². The maximum atomic E-state index is 13.1. The lowest BCUT2D eigenvalue weighted by molar-refractivity contribution is -0.155. The first-order chi connectivity index (χ1) is 17.7. The molecule has 1 amide bonds. The van der Waals surface area contributed by atoms with Crippen LogP contribution in [0.5, 0.6) is 5.88 Å². The minimum atomic E-state index is -0.696. The number of nitrogens with one attached hydrogen (secondary N) is 1. The van der Waals surface area contributed by atoms with E-state index in [0.29, 0.717) is 9.90 Å². The number of ether oxygens (including phenoxy) is 3. The van der Waals surface area contributed by atoms with E-state index >= 15 is 0 Å². The van der Waals surface area contributed by atoms with Crippen molar-refractivity contribution >= 4 is 35.0 Å². The molecule has 1 N–H and O–H groups in total. The lowest BCUT2D eigenvalue weighted by Gasteiger charge is -2.24. The first kappa shape index (κ1) is 29.2. The van der Waals surface area contributed by atoms with Gasteiger partial charge in [-0.2, -0.15) is 4.98 Å². The number of aromatic nitrogens is 2. The van der Waals surface area contributed by atoms with Crippen molar-refractivity contribution in [1.29, 1.82) is 0 Å². The Bertz CT molecular complexity index is 1310. The number of thiophene rings is 1. The molecule has 38 heavy (non-hydrogen) atoms. The van der Waals surface area contributed by atoms with Crippen molar-refractivity contribution in [2.45, 2.75) is 65.3 Å². The fourth-order valence-corrected chi connectivity index (χ4v) is 4.19. The molecule has 0 fully saturated rings. The maximum Gasteiger partial charge on any atom is 0.408 e. The molecule has 0 spiro atoms. The summed E-state index contributed by atoms with van der Waals surface area (Å²) in [6, 6.07) is 11.1. The molecule has 0 radical (unpaired) electrons. The smallest absolute Gasteiger partial charge is 0.408 e. The van der Waals surface area contributed by atoms with Gasteiger partial charge < -0.3 is 19.5 Å². The second kappa shape index (κ2) is 12.0. The van der Waals surface area contributed by atoms with E-state index in [4.69, 9.17) is 25.8 Å². The third-order valence-electron chi connectivity index (χ3n) is 4.79. The summed E-state index contributed by atoms with van der Waals surface area (Å²) in [5.41, 5.74) is -1.15. The Morgan fingerprint density at radius 2 is 1.71 bits per heavy atom. The van der Waals surface area contributed by atoms with Crippen molar-refractivity contribution in [2.24, 2.45) is 0 Å². The van der Waals surface area contributed by atoms with Gasteiger partial charge in [0.2, 0.25) is 5.88 Å². The van der Waals surface area contributed by atoms with Crippen LogP contribution in [0.4, 0.5) is 4.79 Å². The predicted molar refractivity (Wildman–Crippen MR) is 147 cm³/mol. The van der Waals surface area contributed by atoms with Crippen molar-refractivity contribution in [3.8, 4) is 16.6 Å². The van der Waals surface area contributed by atoms with Gasteiger partial charge >= 0.3 is 12.1 Å². The van der Waals surface area contributed by atoms with Crippen molar-refractivity contribution in [3.05, 3.63) is 68.8 Å². The molecule has 1 atom stereocenters. The standard InChI is InChI=1S/C27H32ClN3O6S/c1-26(2,3)36-23(33)15-31-22(32)14-21(30-24(31)20-8-7-13-38-20)35-16-19(17-9-11-18(28)12-10-17)29-25(34)37-27(4,5)6/h7-14,19H,15-16H2,1-6H3,(H,29,34)/t19-/m0/s1. The van der Waals surface area contributed by atoms with Crippen LogP contribution in [-0.4, -0.2) is 39.4 Å². The number of hydrogen-bond donors (Lipinski definition) is 1. The van der Waals surface area contributed by atoms with Gasteiger partial charge in [-0.3, -0.25) is 14.2 Å². The third kappa shape index (κ3) is 8.88. The minimum absolute atomic E-state index is 0.0452. The van der Waals surface area contributed by atoms with E-state index in [1.165, 1.54) is 22.0 Å². The van der Waals surface area contributed by atoms with Crippen molar-refractivity contribution in [1.82, 2.24) is 14.9 Å². The molecule has 0 saturated heterocycles. The van der Waals surface area contributed by atoms with Gasteiger partial charge in [0.25, 0.3) is 5.56 Å². The van der Waals surface area contributed by atoms with Crippen molar-refractivity contribution in [3.63, 3.8) is 0 Å². The molecule has 0 bridgehead atoms. The molecule has 9 nitrogen and oxygen atoms in total. The number of carbonyl (C=O) groups is 2. The summed E-state index contributed by atoms with van der Waals surface area (Å²) >= 11 is 7.40. The van der Waals surface area contributed by atoms with Gasteiger partial charge in [0.05, 0.1) is 17.0 Å². The van der Waals surface area contributed by atoms with Crippen LogP contribution in [0.1, 0.15) is 53.1 Å². The molecule has 204 valence electrons. The lowest BCUT2D eigenvalue weighted by Crippen LogP contribution is -2.37. The lowest BCUT2D eigenvalue weighted by atomic mass is 10.1. The van der Waals surface area contributed by atoms with Crippen LogP contribution in [0.3, 0.4) is 0 Å². The average Bonchev–Trinajstić information content (AvgIpc) is 3.31. The molecule has 0 aliphatic carbocycles. The predicted octanol–water partition coefficient (Wildman–Crippen LogP) is 5.61. The van der Waals surface area contributed by atoms with Gasteiger partial charge in [0.1, 0.15) is 24.4 Å². The van der Waals surface area contributed by atoms with Crippen LogP contribution in [-0.2, 0) is 20.8 Å². The molecule has 3 rings (SSSR count). The van der Waals surface area contributed by atoms with E-state index in [2.05, 4.69) is 10.3 Å². The van der Waals surface area contributed by atoms with E-state index in [1.54, 1.807) is 71.9 Å². The maximum absolute atomic E-state index is 13.1. The van der Waals surface area contributed by atoms with E-state index in [1.807, 2.05) is 11.4 Å². The highest BCUT2D eigenvalue weighted by Crippen LogP contribution is 2.25. The van der Waals surface area contributed by atoms with Gasteiger partial charge in [-0.25, -0.2) is 4.79 Å². The van der Waals surface area contributed by atoms with Crippen LogP contribution in [0.25, 0.3) is 10.7 Å². The summed E-state index contributed by atoms with van der Waals surface area (Å²) in [6.07, 6.45) is -0.624. The molecule has 0 saturated carbocycles. The minimum Gasteiger partial charge on any atom is -0.475 e. The highest BCUT2D eigenvalue weighted by Gasteiger charge is 2.23.